The van der Waals surface area contributed by atoms with Crippen LogP contribution in [0.1, 0.15) is 31.2 Å². The monoisotopic (exact) mass is 411 g/mol. The minimum Gasteiger partial charge on any atom is -0.447 e. The Morgan fingerprint density at radius 1 is 1.18 bits per heavy atom. The largest absolute Gasteiger partial charge is 0.447 e. The highest BCUT2D eigenvalue weighted by molar-refractivity contribution is 14.1. The zero-order valence-electron chi connectivity index (χ0n) is 12.3. The lowest BCUT2D eigenvalue weighted by Crippen LogP contribution is -2.24. The molecule has 1 heterocycles. The number of rotatable bonds is 4. The molecule has 0 aromatic heterocycles. The molecular weight excluding hydrogens is 393 g/mol. The molecule has 0 spiro atoms. The first-order valence-corrected chi connectivity index (χ1v) is 8.70. The quantitative estimate of drug-likeness (QED) is 0.428. The number of amides is 1. The van der Waals surface area contributed by atoms with Crippen LogP contribution >= 0.6 is 22.6 Å². The number of nitrogens with zero attached hydrogens (tertiary/aromatic N) is 1. The number of Topliss-reactive ketones (excluding diaryl/α,β-unsaturated/α-hetero) is 1. The minimum absolute atomic E-state index is 0.0820. The molecule has 5 heteroatoms. The maximum absolute atomic E-state index is 13.0. The van der Waals surface area contributed by atoms with Crippen molar-refractivity contribution in [2.75, 3.05) is 13.2 Å². The molecule has 1 aromatic rings. The number of cyclic esters (lactones) is 1. The Labute approximate surface area is 143 Å². The third kappa shape index (κ3) is 3.04. The first kappa shape index (κ1) is 15.5. The van der Waals surface area contributed by atoms with E-state index in [0.29, 0.717) is 22.4 Å². The lowest BCUT2D eigenvalue weighted by molar-refractivity contribution is -0.117. The van der Waals surface area contributed by atoms with E-state index in [2.05, 4.69) is 22.6 Å². The maximum atomic E-state index is 13.0. The summed E-state index contributed by atoms with van der Waals surface area (Å²) in [6.07, 6.45) is 3.76. The molecule has 0 N–H and O–H groups in total. The van der Waals surface area contributed by atoms with Crippen LogP contribution in [0.3, 0.4) is 0 Å². The minimum atomic E-state index is -0.364. The fourth-order valence-electron chi connectivity index (χ4n) is 3.07. The van der Waals surface area contributed by atoms with Crippen molar-refractivity contribution < 1.29 is 14.3 Å². The highest BCUT2D eigenvalue weighted by Gasteiger charge is 2.32. The van der Waals surface area contributed by atoms with Crippen LogP contribution in [-0.2, 0) is 9.53 Å². The summed E-state index contributed by atoms with van der Waals surface area (Å²) in [5.74, 6) is 0.242. The molecule has 2 aliphatic rings. The Hall–Kier alpha value is -1.37. The molecule has 116 valence electrons. The van der Waals surface area contributed by atoms with E-state index in [0.717, 1.165) is 31.2 Å². The van der Waals surface area contributed by atoms with Crippen LogP contribution in [0.15, 0.2) is 34.0 Å². The average molecular weight is 411 g/mol. The molecule has 0 unspecified atom stereocenters. The van der Waals surface area contributed by atoms with Gasteiger partial charge in [0.25, 0.3) is 0 Å². The van der Waals surface area contributed by atoms with E-state index < -0.39 is 0 Å². The SMILES string of the molecule is O=C(/C(=C(\I)N1CCOC1=O)c1ccccc1)C1CCCC1. The van der Waals surface area contributed by atoms with Crippen molar-refractivity contribution in [3.8, 4) is 0 Å². The van der Waals surface area contributed by atoms with Gasteiger partial charge in [-0.25, -0.2) is 4.79 Å². The fraction of sp³-hybridized carbons (Fsp3) is 0.412. The standard InChI is InChI=1S/C17H18INO3/c18-16(19-10-11-22-17(19)21)14(12-6-2-1-3-7-12)15(20)13-8-4-5-9-13/h1-3,6-7,13H,4-5,8-11H2/b16-14+. The van der Waals surface area contributed by atoms with Gasteiger partial charge in [0.2, 0.25) is 0 Å². The van der Waals surface area contributed by atoms with E-state index in [-0.39, 0.29) is 17.8 Å². The van der Waals surface area contributed by atoms with Gasteiger partial charge in [-0.1, -0.05) is 43.2 Å². The van der Waals surface area contributed by atoms with Gasteiger partial charge in [-0.05, 0) is 41.0 Å². The summed E-state index contributed by atoms with van der Waals surface area (Å²) in [5, 5.41) is 0. The van der Waals surface area contributed by atoms with Crippen LogP contribution in [0.5, 0.6) is 0 Å². The predicted octanol–water partition coefficient (Wildman–Crippen LogP) is 4.00. The Bertz CT molecular complexity index is 606. The topological polar surface area (TPSA) is 46.6 Å². The second kappa shape index (κ2) is 6.81. The van der Waals surface area contributed by atoms with Gasteiger partial charge < -0.3 is 4.74 Å². The molecule has 0 bridgehead atoms. The number of allylic oxidation sites excluding steroid dienone is 1. The van der Waals surface area contributed by atoms with Gasteiger partial charge in [-0.3, -0.25) is 9.69 Å². The highest BCUT2D eigenvalue weighted by atomic mass is 127. The summed E-state index contributed by atoms with van der Waals surface area (Å²) in [4.78, 5) is 26.4. The number of hydrogen-bond donors (Lipinski definition) is 0. The summed E-state index contributed by atoms with van der Waals surface area (Å²) < 4.78 is 5.70. The number of hydrogen-bond acceptors (Lipinski definition) is 3. The summed E-state index contributed by atoms with van der Waals surface area (Å²) in [5.41, 5.74) is 1.54. The van der Waals surface area contributed by atoms with E-state index in [4.69, 9.17) is 4.74 Å². The summed E-state index contributed by atoms with van der Waals surface area (Å²) in [6.45, 7) is 0.885. The number of carbonyl (C=O) groups is 2. The molecule has 1 aliphatic heterocycles. The van der Waals surface area contributed by atoms with Crippen molar-refractivity contribution in [1.29, 1.82) is 0 Å². The van der Waals surface area contributed by atoms with Gasteiger partial charge in [0.1, 0.15) is 6.61 Å². The lowest BCUT2D eigenvalue weighted by atomic mass is 9.92. The third-order valence-electron chi connectivity index (χ3n) is 4.24. The smallest absolute Gasteiger partial charge is 0.414 e. The highest BCUT2D eigenvalue weighted by Crippen LogP contribution is 2.35. The van der Waals surface area contributed by atoms with E-state index in [1.807, 2.05) is 30.3 Å². The number of ether oxygens (including phenoxy) is 1. The molecule has 2 fully saturated rings. The molecule has 1 saturated heterocycles. The molecule has 3 rings (SSSR count). The Morgan fingerprint density at radius 2 is 1.86 bits per heavy atom. The molecule has 0 radical (unpaired) electrons. The second-order valence-electron chi connectivity index (χ2n) is 5.64. The number of carbonyl (C=O) groups excluding carboxylic acids is 2. The maximum Gasteiger partial charge on any atom is 0.414 e. The van der Waals surface area contributed by atoms with Gasteiger partial charge >= 0.3 is 6.09 Å². The van der Waals surface area contributed by atoms with Crippen molar-refractivity contribution in [3.63, 3.8) is 0 Å². The zero-order chi connectivity index (χ0) is 15.5. The van der Waals surface area contributed by atoms with E-state index in [1.54, 1.807) is 4.90 Å². The lowest BCUT2D eigenvalue weighted by Gasteiger charge is -2.19. The van der Waals surface area contributed by atoms with Crippen LogP contribution in [-0.4, -0.2) is 29.9 Å². The molecular formula is C17H18INO3. The van der Waals surface area contributed by atoms with Crippen LogP contribution < -0.4 is 0 Å². The Kier molecular flexibility index (Phi) is 4.81. The molecule has 22 heavy (non-hydrogen) atoms. The predicted molar refractivity (Wildman–Crippen MR) is 92.4 cm³/mol. The van der Waals surface area contributed by atoms with Crippen LogP contribution in [0.2, 0.25) is 0 Å². The number of benzene rings is 1. The molecule has 1 aromatic carbocycles. The van der Waals surface area contributed by atoms with Gasteiger partial charge in [0.15, 0.2) is 5.78 Å². The zero-order valence-corrected chi connectivity index (χ0v) is 14.4. The molecule has 4 nitrogen and oxygen atoms in total. The Morgan fingerprint density at radius 3 is 2.45 bits per heavy atom. The van der Waals surface area contributed by atoms with Crippen LogP contribution in [0.4, 0.5) is 4.79 Å². The fourth-order valence-corrected chi connectivity index (χ4v) is 4.08. The first-order chi connectivity index (χ1) is 10.7. The van der Waals surface area contributed by atoms with Gasteiger partial charge in [0.05, 0.1) is 15.8 Å². The molecule has 1 amide bonds. The van der Waals surface area contributed by atoms with Crippen LogP contribution in [0, 0.1) is 5.92 Å². The summed E-state index contributed by atoms with van der Waals surface area (Å²) >= 11 is 2.11. The van der Waals surface area contributed by atoms with Gasteiger partial charge in [-0.2, -0.15) is 0 Å². The molecule has 1 saturated carbocycles. The van der Waals surface area contributed by atoms with Crippen molar-refractivity contribution in [1.82, 2.24) is 4.90 Å². The van der Waals surface area contributed by atoms with E-state index >= 15 is 0 Å². The number of ketones is 1. The van der Waals surface area contributed by atoms with Gasteiger partial charge in [0, 0.05) is 5.92 Å². The molecule has 0 atom stereocenters. The second-order valence-corrected chi connectivity index (χ2v) is 6.67. The van der Waals surface area contributed by atoms with Crippen molar-refractivity contribution in [2.24, 2.45) is 5.92 Å². The Balaban J connectivity index is 2.02. The normalized spacial score (nSPS) is 20.0. The number of halogens is 1. The first-order valence-electron chi connectivity index (χ1n) is 7.62. The average Bonchev–Trinajstić information content (AvgIpc) is 3.19. The van der Waals surface area contributed by atoms with Gasteiger partial charge in [-0.15, -0.1) is 0 Å². The van der Waals surface area contributed by atoms with Crippen LogP contribution in [0.25, 0.3) is 5.57 Å². The van der Waals surface area contributed by atoms with Crippen molar-refractivity contribution in [2.45, 2.75) is 25.7 Å². The summed E-state index contributed by atoms with van der Waals surface area (Å²) in [6, 6.07) is 9.63. The van der Waals surface area contributed by atoms with E-state index in [9.17, 15) is 9.59 Å². The third-order valence-corrected chi connectivity index (χ3v) is 5.36. The van der Waals surface area contributed by atoms with Crippen molar-refractivity contribution in [3.05, 3.63) is 39.6 Å². The molecule has 1 aliphatic carbocycles. The van der Waals surface area contributed by atoms with E-state index in [1.165, 1.54) is 0 Å². The van der Waals surface area contributed by atoms with Crippen molar-refractivity contribution >= 4 is 40.0 Å². The summed E-state index contributed by atoms with van der Waals surface area (Å²) in [7, 11) is 0.